The minimum atomic E-state index is -0.512. The molecule has 1 aliphatic heterocycles. The van der Waals surface area contributed by atoms with Crippen LogP contribution in [0.2, 0.25) is 0 Å². The molecule has 3 rings (SSSR count). The number of benzene rings is 2. The topological polar surface area (TPSA) is 79.9 Å². The van der Waals surface area contributed by atoms with Crippen molar-refractivity contribution in [2.75, 3.05) is 32.2 Å². The molecule has 1 amide bonds. The Morgan fingerprint density at radius 3 is 2.62 bits per heavy atom. The van der Waals surface area contributed by atoms with Gasteiger partial charge in [-0.2, -0.15) is 0 Å². The van der Waals surface area contributed by atoms with Gasteiger partial charge in [0.05, 0.1) is 18.2 Å². The first-order valence-electron chi connectivity index (χ1n) is 11.0. The van der Waals surface area contributed by atoms with E-state index >= 15 is 0 Å². The van der Waals surface area contributed by atoms with Crippen LogP contribution in [-0.4, -0.2) is 48.8 Å². The maximum atomic E-state index is 13.0. The van der Waals surface area contributed by atoms with Gasteiger partial charge in [-0.25, -0.2) is 4.79 Å². The molecule has 2 aromatic carbocycles. The highest BCUT2D eigenvalue weighted by atomic mass is 32.1. The van der Waals surface area contributed by atoms with Gasteiger partial charge in [0.1, 0.15) is 6.61 Å². The largest absolute Gasteiger partial charge is 0.460 e. The van der Waals surface area contributed by atoms with Crippen molar-refractivity contribution in [2.24, 2.45) is 0 Å². The third kappa shape index (κ3) is 6.30. The number of esters is 1. The second-order valence-electron chi connectivity index (χ2n) is 7.61. The molecule has 0 bridgehead atoms. The van der Waals surface area contributed by atoms with Gasteiger partial charge in [-0.15, -0.1) is 0 Å². The molecule has 2 aromatic rings. The number of carbonyl (C=O) groups excluding carboxylic acids is 2. The maximum Gasteiger partial charge on any atom is 0.338 e. The second kappa shape index (κ2) is 12.1. The predicted octanol–water partition coefficient (Wildman–Crippen LogP) is 4.05. The number of hydrogen-bond donors (Lipinski definition) is 2. The highest BCUT2D eigenvalue weighted by Gasteiger charge is 2.34. The number of anilines is 1. The molecule has 1 atom stereocenters. The van der Waals surface area contributed by atoms with Gasteiger partial charge in [-0.05, 0) is 55.4 Å². The van der Waals surface area contributed by atoms with Crippen molar-refractivity contribution in [3.05, 3.63) is 83.1 Å². The molecule has 2 N–H and O–H groups in total. The Kier molecular flexibility index (Phi) is 8.95. The van der Waals surface area contributed by atoms with Crippen molar-refractivity contribution in [1.82, 2.24) is 10.2 Å². The van der Waals surface area contributed by atoms with Crippen LogP contribution in [0.5, 0.6) is 0 Å². The van der Waals surface area contributed by atoms with E-state index in [-0.39, 0.29) is 12.5 Å². The summed E-state index contributed by atoms with van der Waals surface area (Å²) < 4.78 is 10.4. The zero-order valence-electron chi connectivity index (χ0n) is 19.5. The third-order valence-electron chi connectivity index (χ3n) is 5.37. The van der Waals surface area contributed by atoms with E-state index in [0.717, 1.165) is 16.8 Å². The van der Waals surface area contributed by atoms with Crippen LogP contribution in [0.15, 0.2) is 71.9 Å². The van der Waals surface area contributed by atoms with Crippen molar-refractivity contribution in [2.45, 2.75) is 19.9 Å². The van der Waals surface area contributed by atoms with Crippen LogP contribution >= 0.6 is 12.2 Å². The summed E-state index contributed by atoms with van der Waals surface area (Å²) in [7, 11) is 1.55. The van der Waals surface area contributed by atoms with Gasteiger partial charge >= 0.3 is 5.97 Å². The molecule has 0 saturated carbocycles. The average molecular weight is 480 g/mol. The molecule has 34 heavy (non-hydrogen) atoms. The number of ether oxygens (including phenoxy) is 2. The van der Waals surface area contributed by atoms with Crippen LogP contribution in [0, 0.1) is 0 Å². The summed E-state index contributed by atoms with van der Waals surface area (Å²) in [5.41, 5.74) is 3.53. The minimum Gasteiger partial charge on any atom is -0.460 e. The third-order valence-corrected chi connectivity index (χ3v) is 5.71. The molecule has 0 aliphatic carbocycles. The van der Waals surface area contributed by atoms with Crippen molar-refractivity contribution in [3.8, 4) is 0 Å². The number of thiocarbonyl (C=S) groups is 1. The average Bonchev–Trinajstić information content (AvgIpc) is 2.83. The van der Waals surface area contributed by atoms with Crippen LogP contribution in [0.4, 0.5) is 5.69 Å². The minimum absolute atomic E-state index is 0.152. The van der Waals surface area contributed by atoms with Crippen LogP contribution in [0.3, 0.4) is 0 Å². The second-order valence-corrected chi connectivity index (χ2v) is 8.00. The molecule has 8 heteroatoms. The van der Waals surface area contributed by atoms with E-state index in [4.69, 9.17) is 21.7 Å². The molecule has 1 unspecified atom stereocenters. The monoisotopic (exact) mass is 479 g/mol. The highest BCUT2D eigenvalue weighted by Crippen LogP contribution is 2.32. The standard InChI is InChI=1S/C26H29N3O4S/c1-4-29-18(2)23(25(31)33-16-15-32-3)24(28-26(29)34)20-11-8-12-21(17-20)27-22(30)14-13-19-9-6-5-7-10-19/h5-14,17,24H,4,15-16H2,1-3H3,(H,27,30)(H,28,34). The molecule has 1 aliphatic rings. The molecule has 1 heterocycles. The Balaban J connectivity index is 1.84. The van der Waals surface area contributed by atoms with E-state index in [9.17, 15) is 9.59 Å². The molecule has 0 radical (unpaired) electrons. The van der Waals surface area contributed by atoms with Crippen molar-refractivity contribution in [1.29, 1.82) is 0 Å². The van der Waals surface area contributed by atoms with E-state index in [2.05, 4.69) is 10.6 Å². The Morgan fingerprint density at radius 2 is 1.91 bits per heavy atom. The normalized spacial score (nSPS) is 15.9. The molecule has 0 spiro atoms. The lowest BCUT2D eigenvalue weighted by atomic mass is 9.94. The van der Waals surface area contributed by atoms with E-state index < -0.39 is 12.0 Å². The van der Waals surface area contributed by atoms with Crippen molar-refractivity contribution in [3.63, 3.8) is 0 Å². The Hall–Kier alpha value is -3.49. The number of nitrogens with zero attached hydrogens (tertiary/aromatic N) is 1. The fourth-order valence-corrected chi connectivity index (χ4v) is 4.07. The quantitative estimate of drug-likeness (QED) is 0.243. The fraction of sp³-hybridized carbons (Fsp3) is 0.269. The number of methoxy groups -OCH3 is 1. The van der Waals surface area contributed by atoms with Gasteiger partial charge in [-0.3, -0.25) is 4.79 Å². The Morgan fingerprint density at radius 1 is 1.15 bits per heavy atom. The van der Waals surface area contributed by atoms with E-state index in [1.165, 1.54) is 6.08 Å². The van der Waals surface area contributed by atoms with E-state index in [1.54, 1.807) is 19.3 Å². The number of amides is 1. The van der Waals surface area contributed by atoms with Crippen LogP contribution in [-0.2, 0) is 19.1 Å². The van der Waals surface area contributed by atoms with Gasteiger partial charge in [0, 0.05) is 31.1 Å². The summed E-state index contributed by atoms with van der Waals surface area (Å²) >= 11 is 5.54. The maximum absolute atomic E-state index is 13.0. The van der Waals surface area contributed by atoms with Gasteiger partial charge in [0.15, 0.2) is 5.11 Å². The lowest BCUT2D eigenvalue weighted by Crippen LogP contribution is -2.47. The number of allylic oxidation sites excluding steroid dienone is 1. The highest BCUT2D eigenvalue weighted by molar-refractivity contribution is 7.80. The molecular formula is C26H29N3O4S. The number of rotatable bonds is 9. The first-order chi connectivity index (χ1) is 16.4. The SMILES string of the molecule is CCN1C(=S)NC(c2cccc(NC(=O)C=Cc3ccccc3)c2)C(C(=O)OCCOC)=C1C. The number of carbonyl (C=O) groups is 2. The van der Waals surface area contributed by atoms with Gasteiger partial charge in [0.25, 0.3) is 0 Å². The molecule has 7 nitrogen and oxygen atoms in total. The first-order valence-corrected chi connectivity index (χ1v) is 11.4. The van der Waals surface area contributed by atoms with Crippen molar-refractivity contribution >= 4 is 41.0 Å². The summed E-state index contributed by atoms with van der Waals surface area (Å²) in [5, 5.41) is 6.65. The van der Waals surface area contributed by atoms with Crippen LogP contribution < -0.4 is 10.6 Å². The molecule has 0 fully saturated rings. The van der Waals surface area contributed by atoms with E-state index in [1.807, 2.05) is 67.3 Å². The Labute approximate surface area is 205 Å². The van der Waals surface area contributed by atoms with Gasteiger partial charge in [-0.1, -0.05) is 42.5 Å². The molecule has 0 saturated heterocycles. The first kappa shape index (κ1) is 25.1. The lowest BCUT2D eigenvalue weighted by molar-refractivity contribution is -0.140. The predicted molar refractivity (Wildman–Crippen MR) is 137 cm³/mol. The molecule has 178 valence electrons. The Bertz CT molecular complexity index is 1100. The fourth-order valence-electron chi connectivity index (χ4n) is 3.69. The van der Waals surface area contributed by atoms with Crippen LogP contribution in [0.25, 0.3) is 6.08 Å². The summed E-state index contributed by atoms with van der Waals surface area (Å²) in [6.45, 7) is 4.90. The number of hydrogen-bond acceptors (Lipinski definition) is 5. The summed E-state index contributed by atoms with van der Waals surface area (Å²) in [4.78, 5) is 27.3. The van der Waals surface area contributed by atoms with Crippen LogP contribution in [0.1, 0.15) is 31.0 Å². The molecular weight excluding hydrogens is 450 g/mol. The number of nitrogens with one attached hydrogen (secondary N) is 2. The summed E-state index contributed by atoms with van der Waals surface area (Å²) in [6.07, 6.45) is 3.23. The van der Waals surface area contributed by atoms with E-state index in [0.29, 0.717) is 29.5 Å². The van der Waals surface area contributed by atoms with Crippen molar-refractivity contribution < 1.29 is 19.1 Å². The smallest absolute Gasteiger partial charge is 0.338 e. The van der Waals surface area contributed by atoms with Gasteiger partial charge in [0.2, 0.25) is 5.91 Å². The molecule has 0 aromatic heterocycles. The zero-order chi connectivity index (χ0) is 24.5. The van der Waals surface area contributed by atoms with Gasteiger partial charge < -0.3 is 25.0 Å². The summed E-state index contributed by atoms with van der Waals surface area (Å²) in [5.74, 6) is -0.690. The summed E-state index contributed by atoms with van der Waals surface area (Å²) in [6, 6.07) is 16.4. The zero-order valence-corrected chi connectivity index (χ0v) is 20.4. The lowest BCUT2D eigenvalue weighted by Gasteiger charge is -2.37.